The predicted octanol–water partition coefficient (Wildman–Crippen LogP) is 2.69. The fourth-order valence-electron chi connectivity index (χ4n) is 3.57. The zero-order valence-corrected chi connectivity index (χ0v) is 16.4. The van der Waals surface area contributed by atoms with Crippen molar-refractivity contribution in [3.63, 3.8) is 0 Å². The lowest BCUT2D eigenvalue weighted by Crippen LogP contribution is -2.59. The van der Waals surface area contributed by atoms with E-state index in [2.05, 4.69) is 20.3 Å². The monoisotopic (exact) mass is 472 g/mol. The Morgan fingerprint density at radius 2 is 1.67 bits per heavy atom. The second kappa shape index (κ2) is 7.64. The molecule has 0 fully saturated rings. The molecule has 4 rings (SSSR count). The van der Waals surface area contributed by atoms with Crippen molar-refractivity contribution in [3.05, 3.63) is 80.5 Å². The number of nitrogens with one attached hydrogen (secondary N) is 3. The number of H-pyrrole nitrogens is 2. The summed E-state index contributed by atoms with van der Waals surface area (Å²) >= 11 is 0. The maximum atomic E-state index is 14.2. The van der Waals surface area contributed by atoms with Gasteiger partial charge in [-0.1, -0.05) is 30.3 Å². The number of imidazole rings is 1. The molecule has 1 aromatic carbocycles. The average Bonchev–Trinajstić information content (AvgIpc) is 3.25. The number of alkyl halides is 6. The van der Waals surface area contributed by atoms with Gasteiger partial charge in [0.1, 0.15) is 17.2 Å². The number of aromatic nitrogens is 4. The highest BCUT2D eigenvalue weighted by atomic mass is 19.4. The van der Waals surface area contributed by atoms with Crippen LogP contribution in [-0.2, 0) is 18.5 Å². The normalized spacial score (nSPS) is 15.5. The van der Waals surface area contributed by atoms with Crippen molar-refractivity contribution < 1.29 is 26.3 Å². The molecule has 0 saturated heterocycles. The van der Waals surface area contributed by atoms with Crippen LogP contribution in [0.4, 0.5) is 32.2 Å². The van der Waals surface area contributed by atoms with E-state index in [1.807, 2.05) is 0 Å². The summed E-state index contributed by atoms with van der Waals surface area (Å²) in [5, 5.41) is 2.36. The summed E-state index contributed by atoms with van der Waals surface area (Å²) in [5.41, 5.74) is -9.32. The van der Waals surface area contributed by atoms with Crippen LogP contribution >= 0.6 is 0 Å². The standard InChI is InChI=1S/C19H14F6N6O2/c20-18(21,22)17(19(23,24)25)12-14(28-13(30-17)10-4-2-1-3-5-10)31(16(33)29-15(12)32)7-6-11-8-26-9-27-11/h1-5,8-9H,6-7H2,(H,26,27)(H,28,30)(H,29,32,33). The second-order valence-corrected chi connectivity index (χ2v) is 7.12. The first-order valence-electron chi connectivity index (χ1n) is 9.36. The number of hydrogen-bond acceptors (Lipinski definition) is 5. The molecule has 0 unspecified atom stereocenters. The lowest BCUT2D eigenvalue weighted by molar-refractivity contribution is -0.301. The van der Waals surface area contributed by atoms with E-state index in [1.54, 1.807) is 4.98 Å². The highest BCUT2D eigenvalue weighted by molar-refractivity contribution is 6.09. The summed E-state index contributed by atoms with van der Waals surface area (Å²) in [7, 11) is 0. The zero-order chi connectivity index (χ0) is 24.0. The van der Waals surface area contributed by atoms with Gasteiger partial charge in [-0.2, -0.15) is 26.3 Å². The van der Waals surface area contributed by atoms with E-state index in [0.29, 0.717) is 10.3 Å². The summed E-state index contributed by atoms with van der Waals surface area (Å²) in [6.45, 7) is -0.360. The van der Waals surface area contributed by atoms with Crippen molar-refractivity contribution in [3.8, 4) is 0 Å². The van der Waals surface area contributed by atoms with Gasteiger partial charge in [-0.05, 0) is 0 Å². The number of aromatic amines is 2. The fourth-order valence-corrected chi connectivity index (χ4v) is 3.57. The van der Waals surface area contributed by atoms with Crippen molar-refractivity contribution in [2.75, 3.05) is 5.32 Å². The van der Waals surface area contributed by atoms with Gasteiger partial charge in [0.25, 0.3) is 11.1 Å². The number of fused-ring (bicyclic) bond motifs is 1. The van der Waals surface area contributed by atoms with E-state index >= 15 is 0 Å². The van der Waals surface area contributed by atoms with Crippen molar-refractivity contribution in [2.24, 2.45) is 4.99 Å². The number of anilines is 1. The Hall–Kier alpha value is -3.84. The van der Waals surface area contributed by atoms with Gasteiger partial charge in [-0.15, -0.1) is 0 Å². The Morgan fingerprint density at radius 1 is 1.00 bits per heavy atom. The van der Waals surface area contributed by atoms with Gasteiger partial charge < -0.3 is 10.3 Å². The molecule has 0 radical (unpaired) electrons. The van der Waals surface area contributed by atoms with E-state index < -0.39 is 46.4 Å². The molecule has 0 amide bonds. The largest absolute Gasteiger partial charge is 0.427 e. The van der Waals surface area contributed by atoms with Crippen LogP contribution in [0.15, 0.2) is 57.4 Å². The fraction of sp³-hybridized carbons (Fsp3) is 0.263. The maximum absolute atomic E-state index is 14.2. The van der Waals surface area contributed by atoms with E-state index in [9.17, 15) is 35.9 Å². The van der Waals surface area contributed by atoms with Crippen LogP contribution in [0.25, 0.3) is 0 Å². The molecule has 0 atom stereocenters. The molecule has 14 heteroatoms. The SMILES string of the molecule is O=c1[nH]c(=O)n(CCc2cnc[nH]2)c2c1C(C(F)(F)F)(C(F)(F)F)N=C(c1ccccc1)N2. The summed E-state index contributed by atoms with van der Waals surface area (Å²) in [6.07, 6.45) is -9.41. The van der Waals surface area contributed by atoms with Gasteiger partial charge in [0, 0.05) is 30.4 Å². The van der Waals surface area contributed by atoms with Crippen LogP contribution in [0, 0.1) is 0 Å². The number of benzene rings is 1. The highest BCUT2D eigenvalue weighted by Gasteiger charge is 2.75. The first-order valence-corrected chi connectivity index (χ1v) is 9.36. The molecular formula is C19H14F6N6O2. The Morgan fingerprint density at radius 3 is 2.24 bits per heavy atom. The van der Waals surface area contributed by atoms with Crippen LogP contribution in [0.1, 0.15) is 16.8 Å². The van der Waals surface area contributed by atoms with Crippen LogP contribution in [0.3, 0.4) is 0 Å². The third-order valence-electron chi connectivity index (χ3n) is 5.10. The molecule has 174 valence electrons. The third-order valence-corrected chi connectivity index (χ3v) is 5.10. The lowest BCUT2D eigenvalue weighted by atomic mass is 9.87. The van der Waals surface area contributed by atoms with Gasteiger partial charge in [-0.3, -0.25) is 14.3 Å². The Bertz CT molecular complexity index is 1290. The van der Waals surface area contributed by atoms with Crippen molar-refractivity contribution in [2.45, 2.75) is 30.9 Å². The molecule has 33 heavy (non-hydrogen) atoms. The van der Waals surface area contributed by atoms with Crippen molar-refractivity contribution in [1.82, 2.24) is 19.5 Å². The third kappa shape index (κ3) is 3.60. The summed E-state index contributed by atoms with van der Waals surface area (Å²) < 4.78 is 85.7. The molecule has 2 aromatic heterocycles. The maximum Gasteiger partial charge on any atom is 0.427 e. The van der Waals surface area contributed by atoms with Gasteiger partial charge >= 0.3 is 18.0 Å². The van der Waals surface area contributed by atoms with Crippen LogP contribution in [-0.4, -0.2) is 37.7 Å². The highest BCUT2D eigenvalue weighted by Crippen LogP contribution is 2.55. The van der Waals surface area contributed by atoms with Gasteiger partial charge in [0.05, 0.1) is 6.33 Å². The summed E-state index contributed by atoms with van der Waals surface area (Å²) in [5.74, 6) is -1.73. The van der Waals surface area contributed by atoms with Crippen molar-refractivity contribution >= 4 is 11.7 Å². The molecule has 8 nitrogen and oxygen atoms in total. The van der Waals surface area contributed by atoms with E-state index in [0.717, 1.165) is 0 Å². The number of hydrogen-bond donors (Lipinski definition) is 3. The first kappa shape index (κ1) is 22.4. The lowest BCUT2D eigenvalue weighted by Gasteiger charge is -2.38. The van der Waals surface area contributed by atoms with Crippen LogP contribution in [0.2, 0.25) is 0 Å². The molecule has 0 aliphatic carbocycles. The topological polar surface area (TPSA) is 108 Å². The molecule has 1 aliphatic rings. The zero-order valence-electron chi connectivity index (χ0n) is 16.4. The number of aryl methyl sites for hydroxylation is 1. The number of amidine groups is 1. The van der Waals surface area contributed by atoms with E-state index in [4.69, 9.17) is 0 Å². The van der Waals surface area contributed by atoms with E-state index in [1.165, 1.54) is 42.9 Å². The quantitative estimate of drug-likeness (QED) is 0.508. The second-order valence-electron chi connectivity index (χ2n) is 7.12. The molecule has 1 aliphatic heterocycles. The molecule has 0 bridgehead atoms. The molecule has 0 spiro atoms. The van der Waals surface area contributed by atoms with E-state index in [-0.39, 0.29) is 18.5 Å². The number of halogens is 6. The first-order chi connectivity index (χ1) is 15.5. The average molecular weight is 472 g/mol. The smallest absolute Gasteiger partial charge is 0.348 e. The number of rotatable bonds is 4. The molecule has 0 saturated carbocycles. The van der Waals surface area contributed by atoms with Crippen LogP contribution in [0.5, 0.6) is 0 Å². The number of aliphatic imine (C=N–C) groups is 1. The van der Waals surface area contributed by atoms with Crippen molar-refractivity contribution in [1.29, 1.82) is 0 Å². The molecule has 3 aromatic rings. The van der Waals surface area contributed by atoms with Crippen LogP contribution < -0.4 is 16.6 Å². The molecule has 3 heterocycles. The minimum atomic E-state index is -6.05. The van der Waals surface area contributed by atoms with Gasteiger partial charge in [0.15, 0.2) is 0 Å². The number of nitrogens with zero attached hydrogens (tertiary/aromatic N) is 3. The summed E-state index contributed by atoms with van der Waals surface area (Å²) in [6, 6.07) is 6.78. The molecular weight excluding hydrogens is 458 g/mol. The Kier molecular flexibility index (Phi) is 5.17. The minimum absolute atomic E-state index is 0.00290. The predicted molar refractivity (Wildman–Crippen MR) is 104 cm³/mol. The molecule has 3 N–H and O–H groups in total. The van der Waals surface area contributed by atoms with Gasteiger partial charge in [0.2, 0.25) is 0 Å². The summed E-state index contributed by atoms with van der Waals surface area (Å²) in [4.78, 5) is 36.0. The Balaban J connectivity index is 2.03. The minimum Gasteiger partial charge on any atom is -0.348 e. The van der Waals surface area contributed by atoms with Gasteiger partial charge in [-0.25, -0.2) is 14.8 Å². The Labute approximate surface area is 180 Å².